The minimum atomic E-state index is 0.185. The molecule has 1 aliphatic heterocycles. The van der Waals surface area contributed by atoms with E-state index in [4.69, 9.17) is 9.72 Å². The largest absolute Gasteiger partial charge is 0.473 e. The van der Waals surface area contributed by atoms with Crippen LogP contribution in [0.5, 0.6) is 5.88 Å². The zero-order valence-corrected chi connectivity index (χ0v) is 14.9. The fraction of sp³-hybridized carbons (Fsp3) is 0.350. The van der Waals surface area contributed by atoms with Crippen LogP contribution < -0.4 is 15.0 Å². The molecule has 2 aromatic heterocycles. The summed E-state index contributed by atoms with van der Waals surface area (Å²) < 4.78 is 5.96. The van der Waals surface area contributed by atoms with E-state index in [9.17, 15) is 0 Å². The highest BCUT2D eigenvalue weighted by molar-refractivity contribution is 5.93. The number of pyridine rings is 1. The number of anilines is 2. The summed E-state index contributed by atoms with van der Waals surface area (Å²) in [6.45, 7) is 4.85. The first-order valence-corrected chi connectivity index (χ1v) is 9.15. The molecule has 1 saturated heterocycles. The zero-order valence-electron chi connectivity index (χ0n) is 14.9. The molecule has 6 nitrogen and oxygen atoms in total. The van der Waals surface area contributed by atoms with Crippen LogP contribution in [0.4, 0.5) is 11.5 Å². The smallest absolute Gasteiger partial charge is 0.232 e. The Balaban J connectivity index is 1.52. The van der Waals surface area contributed by atoms with Gasteiger partial charge in [-0.25, -0.2) is 9.97 Å². The van der Waals surface area contributed by atoms with Crippen LogP contribution >= 0.6 is 0 Å². The highest BCUT2D eigenvalue weighted by Crippen LogP contribution is 2.31. The quantitative estimate of drug-likeness (QED) is 0.760. The third kappa shape index (κ3) is 3.54. The Labute approximate surface area is 153 Å². The van der Waals surface area contributed by atoms with Crippen molar-refractivity contribution >= 4 is 22.4 Å². The number of nitrogens with one attached hydrogen (secondary N) is 1. The first-order valence-electron chi connectivity index (χ1n) is 9.15. The first kappa shape index (κ1) is 16.6. The molecule has 1 aromatic carbocycles. The molecule has 0 spiro atoms. The van der Waals surface area contributed by atoms with Gasteiger partial charge >= 0.3 is 0 Å². The van der Waals surface area contributed by atoms with E-state index in [1.165, 1.54) is 11.1 Å². The summed E-state index contributed by atoms with van der Waals surface area (Å²) in [5, 5.41) is 4.54. The summed E-state index contributed by atoms with van der Waals surface area (Å²) in [6.07, 6.45) is 7.10. The van der Waals surface area contributed by atoms with Gasteiger partial charge in [-0.2, -0.15) is 0 Å². The van der Waals surface area contributed by atoms with E-state index in [-0.39, 0.29) is 6.10 Å². The number of nitrogens with zero attached hydrogens (tertiary/aromatic N) is 4. The van der Waals surface area contributed by atoms with Crippen molar-refractivity contribution < 1.29 is 4.74 Å². The molecule has 3 aromatic rings. The molecule has 0 unspecified atom stereocenters. The Bertz CT molecular complexity index is 862. The lowest BCUT2D eigenvalue weighted by molar-refractivity contribution is 0.163. The fourth-order valence-electron chi connectivity index (χ4n) is 3.42. The van der Waals surface area contributed by atoms with Crippen molar-refractivity contribution in [1.82, 2.24) is 15.0 Å². The van der Waals surface area contributed by atoms with Crippen molar-refractivity contribution in [3.8, 4) is 5.88 Å². The summed E-state index contributed by atoms with van der Waals surface area (Å²) >= 11 is 0. The van der Waals surface area contributed by atoms with Crippen molar-refractivity contribution in [3.05, 3.63) is 48.9 Å². The van der Waals surface area contributed by atoms with Crippen LogP contribution in [0.1, 0.15) is 19.8 Å². The molecule has 0 radical (unpaired) electrons. The Morgan fingerprint density at radius 2 is 2.04 bits per heavy atom. The summed E-state index contributed by atoms with van der Waals surface area (Å²) in [6, 6.07) is 10.5. The normalized spacial score (nSPS) is 15.2. The van der Waals surface area contributed by atoms with Gasteiger partial charge in [0.2, 0.25) is 5.88 Å². The molecule has 0 aliphatic carbocycles. The lowest BCUT2D eigenvalue weighted by Crippen LogP contribution is -2.38. The average molecular weight is 349 g/mol. The van der Waals surface area contributed by atoms with Gasteiger partial charge in [-0.15, -0.1) is 0 Å². The molecular formula is C20H23N5O. The van der Waals surface area contributed by atoms with Gasteiger partial charge in [0, 0.05) is 62.0 Å². The Morgan fingerprint density at radius 3 is 2.81 bits per heavy atom. The predicted octanol–water partition coefficient (Wildman–Crippen LogP) is 3.50. The number of para-hydroxylation sites is 1. The molecular weight excluding hydrogens is 326 g/mol. The van der Waals surface area contributed by atoms with Crippen molar-refractivity contribution in [1.29, 1.82) is 0 Å². The van der Waals surface area contributed by atoms with E-state index in [1.54, 1.807) is 18.6 Å². The molecule has 6 heteroatoms. The standard InChI is InChI=1S/C20H23N5O/c1-2-22-19-13-18(16-5-3-4-6-17(16)24-19)25-11-7-15(8-12-25)26-20-14-21-9-10-23-20/h3-6,9-10,13-15H,2,7-8,11-12H2,1H3,(H,22,24). The summed E-state index contributed by atoms with van der Waals surface area (Å²) in [5.74, 6) is 1.54. The second-order valence-electron chi connectivity index (χ2n) is 6.42. The Hall–Kier alpha value is -2.89. The van der Waals surface area contributed by atoms with Gasteiger partial charge < -0.3 is 15.0 Å². The molecule has 4 rings (SSSR count). The maximum Gasteiger partial charge on any atom is 0.232 e. The third-order valence-corrected chi connectivity index (χ3v) is 4.66. The van der Waals surface area contributed by atoms with Gasteiger partial charge in [-0.1, -0.05) is 18.2 Å². The number of hydrogen-bond donors (Lipinski definition) is 1. The van der Waals surface area contributed by atoms with Crippen LogP contribution in [-0.2, 0) is 0 Å². The Kier molecular flexibility index (Phi) is 4.82. The molecule has 3 heterocycles. The number of benzene rings is 1. The van der Waals surface area contributed by atoms with Crippen LogP contribution in [0.15, 0.2) is 48.9 Å². The zero-order chi connectivity index (χ0) is 17.8. The number of fused-ring (bicyclic) bond motifs is 1. The van der Waals surface area contributed by atoms with Crippen molar-refractivity contribution in [3.63, 3.8) is 0 Å². The number of ether oxygens (including phenoxy) is 1. The molecule has 0 atom stereocenters. The Morgan fingerprint density at radius 1 is 1.19 bits per heavy atom. The molecule has 134 valence electrons. The predicted molar refractivity (Wildman–Crippen MR) is 104 cm³/mol. The van der Waals surface area contributed by atoms with Gasteiger partial charge in [0.15, 0.2) is 0 Å². The molecule has 0 bridgehead atoms. The van der Waals surface area contributed by atoms with Gasteiger partial charge in [0.25, 0.3) is 0 Å². The van der Waals surface area contributed by atoms with E-state index in [0.29, 0.717) is 5.88 Å². The van der Waals surface area contributed by atoms with Crippen LogP contribution in [0.3, 0.4) is 0 Å². The summed E-state index contributed by atoms with van der Waals surface area (Å²) in [4.78, 5) is 15.4. The summed E-state index contributed by atoms with van der Waals surface area (Å²) in [5.41, 5.74) is 2.27. The van der Waals surface area contributed by atoms with Gasteiger partial charge in [0.1, 0.15) is 11.9 Å². The molecule has 1 N–H and O–H groups in total. The molecule has 0 amide bonds. The van der Waals surface area contributed by atoms with Crippen molar-refractivity contribution in [2.45, 2.75) is 25.9 Å². The molecule has 0 saturated carbocycles. The number of rotatable bonds is 5. The number of aromatic nitrogens is 3. The number of piperidine rings is 1. The maximum atomic E-state index is 5.96. The maximum absolute atomic E-state index is 5.96. The highest BCUT2D eigenvalue weighted by Gasteiger charge is 2.23. The second-order valence-corrected chi connectivity index (χ2v) is 6.42. The van der Waals surface area contributed by atoms with Crippen LogP contribution in [0.25, 0.3) is 10.9 Å². The topological polar surface area (TPSA) is 63.2 Å². The third-order valence-electron chi connectivity index (χ3n) is 4.66. The average Bonchev–Trinajstić information content (AvgIpc) is 2.69. The van der Waals surface area contributed by atoms with Crippen LogP contribution in [0, 0.1) is 0 Å². The van der Waals surface area contributed by atoms with Gasteiger partial charge in [-0.05, 0) is 13.0 Å². The van der Waals surface area contributed by atoms with Crippen molar-refractivity contribution in [2.24, 2.45) is 0 Å². The molecule has 1 fully saturated rings. The van der Waals surface area contributed by atoms with E-state index in [1.807, 2.05) is 6.07 Å². The lowest BCUT2D eigenvalue weighted by Gasteiger charge is -2.34. The van der Waals surface area contributed by atoms with E-state index in [0.717, 1.165) is 43.8 Å². The van der Waals surface area contributed by atoms with Gasteiger partial charge in [0.05, 0.1) is 11.7 Å². The number of hydrogen-bond acceptors (Lipinski definition) is 6. The molecule has 26 heavy (non-hydrogen) atoms. The highest BCUT2D eigenvalue weighted by atomic mass is 16.5. The summed E-state index contributed by atoms with van der Waals surface area (Å²) in [7, 11) is 0. The van der Waals surface area contributed by atoms with Crippen molar-refractivity contribution in [2.75, 3.05) is 29.9 Å². The molecule has 1 aliphatic rings. The monoisotopic (exact) mass is 349 g/mol. The van der Waals surface area contributed by atoms with E-state index < -0.39 is 0 Å². The fourth-order valence-corrected chi connectivity index (χ4v) is 3.42. The van der Waals surface area contributed by atoms with Crippen LogP contribution in [-0.4, -0.2) is 40.7 Å². The minimum absolute atomic E-state index is 0.185. The van der Waals surface area contributed by atoms with E-state index in [2.05, 4.69) is 51.4 Å². The van der Waals surface area contributed by atoms with E-state index >= 15 is 0 Å². The minimum Gasteiger partial charge on any atom is -0.473 e. The van der Waals surface area contributed by atoms with Crippen LogP contribution in [0.2, 0.25) is 0 Å². The first-order chi connectivity index (χ1) is 12.8. The second kappa shape index (κ2) is 7.56. The lowest BCUT2D eigenvalue weighted by atomic mass is 10.1. The SMILES string of the molecule is CCNc1cc(N2CCC(Oc3cnccn3)CC2)c2ccccc2n1. The van der Waals surface area contributed by atoms with Gasteiger partial charge in [-0.3, -0.25) is 4.98 Å².